The van der Waals surface area contributed by atoms with Crippen molar-refractivity contribution in [1.82, 2.24) is 0 Å². The molecule has 2 nitrogen and oxygen atoms in total. The predicted molar refractivity (Wildman–Crippen MR) is 80.8 cm³/mol. The number of rotatable bonds is 2. The number of carbonyl (C=O) groups excluding carboxylic acids is 1. The van der Waals surface area contributed by atoms with Crippen LogP contribution < -0.4 is 0 Å². The lowest BCUT2D eigenvalue weighted by Crippen LogP contribution is -2.34. The minimum absolute atomic E-state index is 0.0630. The Morgan fingerprint density at radius 1 is 1.37 bits per heavy atom. The summed E-state index contributed by atoms with van der Waals surface area (Å²) in [5, 5.41) is 0.486. The van der Waals surface area contributed by atoms with Gasteiger partial charge in [0.05, 0.1) is 22.1 Å². The number of hydrogen-bond acceptors (Lipinski definition) is 2. The lowest BCUT2D eigenvalue weighted by molar-refractivity contribution is -0.0712. The Labute approximate surface area is 127 Å². The van der Waals surface area contributed by atoms with Crippen LogP contribution in [0.2, 0.25) is 5.02 Å². The standard InChI is InChI=1S/C15H18BrClO2/c1-14(2)8-11(15(3,4)19-14)13(18)10-6-5-9(16)7-12(10)17/h5-7,11H,8H2,1-4H3. The molecule has 0 aromatic heterocycles. The molecule has 0 aliphatic carbocycles. The average Bonchev–Trinajstić information content (AvgIpc) is 2.45. The van der Waals surface area contributed by atoms with Crippen LogP contribution in [0.3, 0.4) is 0 Å². The molecule has 1 aliphatic rings. The maximum atomic E-state index is 12.7. The summed E-state index contributed by atoms with van der Waals surface area (Å²) in [5.41, 5.74) is -0.160. The molecule has 1 aliphatic heterocycles. The molecule has 1 fully saturated rings. The molecule has 1 atom stereocenters. The molecule has 0 amide bonds. The van der Waals surface area contributed by atoms with Crippen molar-refractivity contribution in [2.24, 2.45) is 5.92 Å². The lowest BCUT2D eigenvalue weighted by atomic mass is 9.81. The van der Waals surface area contributed by atoms with Crippen molar-refractivity contribution in [2.75, 3.05) is 0 Å². The number of halogens is 2. The first-order chi connectivity index (χ1) is 8.62. The molecule has 4 heteroatoms. The summed E-state index contributed by atoms with van der Waals surface area (Å²) in [6.45, 7) is 7.98. The van der Waals surface area contributed by atoms with Crippen molar-refractivity contribution >= 4 is 33.3 Å². The minimum atomic E-state index is -0.461. The molecular weight excluding hydrogens is 328 g/mol. The maximum Gasteiger partial charge on any atom is 0.170 e. The van der Waals surface area contributed by atoms with Gasteiger partial charge in [0, 0.05) is 10.0 Å². The Bertz CT molecular complexity index is 523. The van der Waals surface area contributed by atoms with Crippen molar-refractivity contribution in [1.29, 1.82) is 0 Å². The summed E-state index contributed by atoms with van der Waals surface area (Å²) in [4.78, 5) is 12.7. The Kier molecular flexibility index (Phi) is 3.85. The summed E-state index contributed by atoms with van der Waals surface area (Å²) < 4.78 is 6.85. The van der Waals surface area contributed by atoms with E-state index in [0.29, 0.717) is 17.0 Å². The Morgan fingerprint density at radius 2 is 2.00 bits per heavy atom. The topological polar surface area (TPSA) is 26.3 Å². The molecule has 0 saturated carbocycles. The number of hydrogen-bond donors (Lipinski definition) is 0. The molecule has 0 N–H and O–H groups in total. The van der Waals surface area contributed by atoms with E-state index in [-0.39, 0.29) is 17.3 Å². The molecule has 1 unspecified atom stereocenters. The van der Waals surface area contributed by atoms with Gasteiger partial charge in [0.15, 0.2) is 5.78 Å². The first-order valence-corrected chi connectivity index (χ1v) is 7.49. The van der Waals surface area contributed by atoms with Crippen molar-refractivity contribution in [2.45, 2.75) is 45.3 Å². The van der Waals surface area contributed by atoms with Gasteiger partial charge in [-0.25, -0.2) is 0 Å². The van der Waals surface area contributed by atoms with Crippen LogP contribution in [-0.2, 0) is 4.74 Å². The van der Waals surface area contributed by atoms with E-state index in [1.165, 1.54) is 0 Å². The number of ether oxygens (including phenoxy) is 1. The zero-order valence-corrected chi connectivity index (χ0v) is 13.9. The van der Waals surface area contributed by atoms with Gasteiger partial charge in [-0.1, -0.05) is 27.5 Å². The number of Topliss-reactive ketones (excluding diaryl/α,β-unsaturated/α-hetero) is 1. The second kappa shape index (κ2) is 4.87. The molecule has 19 heavy (non-hydrogen) atoms. The zero-order chi connectivity index (χ0) is 14.4. The SMILES string of the molecule is CC1(C)CC(C(=O)c2ccc(Br)cc2Cl)C(C)(C)O1. The molecule has 1 aromatic rings. The van der Waals surface area contributed by atoms with Gasteiger partial charge in [-0.15, -0.1) is 0 Å². The third-order valence-corrected chi connectivity index (χ3v) is 4.39. The highest BCUT2D eigenvalue weighted by Gasteiger charge is 2.49. The normalized spacial score (nSPS) is 24.4. The molecule has 2 rings (SSSR count). The molecule has 1 heterocycles. The van der Waals surface area contributed by atoms with E-state index in [0.717, 1.165) is 4.47 Å². The fourth-order valence-corrected chi connectivity index (χ4v) is 3.61. The van der Waals surface area contributed by atoms with Gasteiger partial charge in [0.25, 0.3) is 0 Å². The van der Waals surface area contributed by atoms with Gasteiger partial charge in [0.2, 0.25) is 0 Å². The monoisotopic (exact) mass is 344 g/mol. The zero-order valence-electron chi connectivity index (χ0n) is 11.6. The Hall–Kier alpha value is -0.380. The largest absolute Gasteiger partial charge is 0.369 e. The van der Waals surface area contributed by atoms with E-state index < -0.39 is 5.60 Å². The molecule has 0 spiro atoms. The molecule has 104 valence electrons. The highest BCUT2D eigenvalue weighted by atomic mass is 79.9. The summed E-state index contributed by atoms with van der Waals surface area (Å²) in [5.74, 6) is -0.103. The van der Waals surface area contributed by atoms with Gasteiger partial charge < -0.3 is 4.74 Å². The Morgan fingerprint density at radius 3 is 2.47 bits per heavy atom. The van der Waals surface area contributed by atoms with Crippen molar-refractivity contribution < 1.29 is 9.53 Å². The quantitative estimate of drug-likeness (QED) is 0.714. The van der Waals surface area contributed by atoms with Gasteiger partial charge in [0.1, 0.15) is 0 Å². The molecule has 0 radical (unpaired) electrons. The van der Waals surface area contributed by atoms with E-state index in [2.05, 4.69) is 15.9 Å². The van der Waals surface area contributed by atoms with E-state index in [9.17, 15) is 4.79 Å². The summed E-state index contributed by atoms with van der Waals surface area (Å²) >= 11 is 9.52. The minimum Gasteiger partial charge on any atom is -0.369 e. The van der Waals surface area contributed by atoms with Crippen LogP contribution in [-0.4, -0.2) is 17.0 Å². The van der Waals surface area contributed by atoms with E-state index in [4.69, 9.17) is 16.3 Å². The van der Waals surface area contributed by atoms with Gasteiger partial charge >= 0.3 is 0 Å². The first-order valence-electron chi connectivity index (χ1n) is 6.32. The third-order valence-electron chi connectivity index (χ3n) is 3.59. The van der Waals surface area contributed by atoms with Crippen molar-refractivity contribution in [3.63, 3.8) is 0 Å². The van der Waals surface area contributed by atoms with Gasteiger partial charge in [-0.2, -0.15) is 0 Å². The number of carbonyl (C=O) groups is 1. The predicted octanol–water partition coefficient (Wildman–Crippen LogP) is 4.88. The second-order valence-corrected chi connectivity index (χ2v) is 7.53. The maximum absolute atomic E-state index is 12.7. The average molecular weight is 346 g/mol. The van der Waals surface area contributed by atoms with Crippen molar-refractivity contribution in [3.8, 4) is 0 Å². The van der Waals surface area contributed by atoms with E-state index in [1.807, 2.05) is 33.8 Å². The second-order valence-electron chi connectivity index (χ2n) is 6.21. The third kappa shape index (κ3) is 3.04. The molecule has 0 bridgehead atoms. The summed E-state index contributed by atoms with van der Waals surface area (Å²) in [7, 11) is 0. The molecule has 1 saturated heterocycles. The van der Waals surface area contributed by atoms with E-state index >= 15 is 0 Å². The number of ketones is 1. The summed E-state index contributed by atoms with van der Waals surface area (Å²) in [6.07, 6.45) is 0.714. The summed E-state index contributed by atoms with van der Waals surface area (Å²) in [6, 6.07) is 5.37. The van der Waals surface area contributed by atoms with Crippen LogP contribution >= 0.6 is 27.5 Å². The van der Waals surface area contributed by atoms with Crippen LogP contribution in [0.15, 0.2) is 22.7 Å². The Balaban J connectivity index is 2.34. The molecule has 1 aromatic carbocycles. The van der Waals surface area contributed by atoms with Crippen LogP contribution in [0.4, 0.5) is 0 Å². The lowest BCUT2D eigenvalue weighted by Gasteiger charge is -2.26. The van der Waals surface area contributed by atoms with Crippen LogP contribution in [0.25, 0.3) is 0 Å². The van der Waals surface area contributed by atoms with Gasteiger partial charge in [-0.3, -0.25) is 4.79 Å². The van der Waals surface area contributed by atoms with Crippen LogP contribution in [0.5, 0.6) is 0 Å². The fraction of sp³-hybridized carbons (Fsp3) is 0.533. The fourth-order valence-electron chi connectivity index (χ4n) is 2.85. The van der Waals surface area contributed by atoms with Crippen LogP contribution in [0.1, 0.15) is 44.5 Å². The van der Waals surface area contributed by atoms with Crippen molar-refractivity contribution in [3.05, 3.63) is 33.3 Å². The molecular formula is C15H18BrClO2. The highest BCUT2D eigenvalue weighted by Crippen LogP contribution is 2.44. The highest BCUT2D eigenvalue weighted by molar-refractivity contribution is 9.10. The van der Waals surface area contributed by atoms with Gasteiger partial charge in [-0.05, 0) is 52.3 Å². The van der Waals surface area contributed by atoms with Crippen LogP contribution in [0, 0.1) is 5.92 Å². The van der Waals surface area contributed by atoms with E-state index in [1.54, 1.807) is 12.1 Å². The smallest absolute Gasteiger partial charge is 0.170 e. The number of benzene rings is 1. The first kappa shape index (κ1) is 15.0.